The molecule has 0 aliphatic carbocycles. The first-order chi connectivity index (χ1) is 9.90. The number of fused-ring (bicyclic) bond motifs is 1. The van der Waals surface area contributed by atoms with Crippen molar-refractivity contribution in [3.8, 4) is 0 Å². The van der Waals surface area contributed by atoms with E-state index in [4.69, 9.17) is 0 Å². The predicted octanol–water partition coefficient (Wildman–Crippen LogP) is 2.60. The van der Waals surface area contributed by atoms with Crippen molar-refractivity contribution in [2.75, 3.05) is 12.0 Å². The van der Waals surface area contributed by atoms with Crippen LogP contribution in [-0.4, -0.2) is 23.8 Å². The molecule has 2 aromatic rings. The summed E-state index contributed by atoms with van der Waals surface area (Å²) in [6.07, 6.45) is -3.21. The van der Waals surface area contributed by atoms with E-state index < -0.39 is 17.9 Å². The maximum Gasteiger partial charge on any atom is 0.431 e. The zero-order valence-electron chi connectivity index (χ0n) is 10.4. The number of carbonyl (C=O) groups excluding carboxylic acids is 2. The first-order valence-electron chi connectivity index (χ1n) is 5.68. The standard InChI is InChI=1S/C12H9F3N4O2/c13-12(14,15)10-4-7-3-8(1-2-9(7)19-10)18-11(21)17-5-16-6-20/h1-4,19H,5H2,(H2,17,18,21). The number of nitrogens with one attached hydrogen (secondary N) is 3. The Hall–Kier alpha value is -2.80. The molecule has 21 heavy (non-hydrogen) atoms. The van der Waals surface area contributed by atoms with Gasteiger partial charge in [0.05, 0.1) is 0 Å². The Kier molecular flexibility index (Phi) is 3.95. The van der Waals surface area contributed by atoms with Crippen molar-refractivity contribution in [3.05, 3.63) is 30.0 Å². The molecule has 0 spiro atoms. The summed E-state index contributed by atoms with van der Waals surface area (Å²) in [4.78, 5) is 26.6. The van der Waals surface area contributed by atoms with Crippen molar-refractivity contribution < 1.29 is 22.8 Å². The van der Waals surface area contributed by atoms with Gasteiger partial charge in [-0.25, -0.2) is 9.59 Å². The number of amides is 2. The number of hydrogen-bond donors (Lipinski definition) is 3. The quantitative estimate of drug-likeness (QED) is 0.601. The average Bonchev–Trinajstić information content (AvgIpc) is 2.82. The number of alkyl halides is 3. The Bertz CT molecular complexity index is 717. The summed E-state index contributed by atoms with van der Waals surface area (Å²) < 4.78 is 37.7. The predicted molar refractivity (Wildman–Crippen MR) is 68.4 cm³/mol. The lowest BCUT2D eigenvalue weighted by atomic mass is 10.2. The largest absolute Gasteiger partial charge is 0.431 e. The molecule has 1 heterocycles. The first-order valence-corrected chi connectivity index (χ1v) is 5.68. The Balaban J connectivity index is 2.15. The van der Waals surface area contributed by atoms with Gasteiger partial charge in [-0.3, -0.25) is 0 Å². The van der Waals surface area contributed by atoms with E-state index in [0.29, 0.717) is 16.6 Å². The van der Waals surface area contributed by atoms with Gasteiger partial charge in [0.15, 0.2) is 0 Å². The molecule has 0 saturated heterocycles. The third-order valence-corrected chi connectivity index (χ3v) is 2.57. The van der Waals surface area contributed by atoms with Crippen LogP contribution in [-0.2, 0) is 11.0 Å². The SMILES string of the molecule is O=C=NCNC(=O)Nc1ccc2[nH]c(C(F)(F)F)cc2c1. The fourth-order valence-electron chi connectivity index (χ4n) is 1.68. The van der Waals surface area contributed by atoms with Gasteiger partial charge < -0.3 is 15.6 Å². The summed E-state index contributed by atoms with van der Waals surface area (Å²) in [6, 6.07) is 4.57. The number of rotatable bonds is 3. The highest BCUT2D eigenvalue weighted by Gasteiger charge is 2.32. The molecule has 0 atom stereocenters. The normalized spacial score (nSPS) is 11.0. The van der Waals surface area contributed by atoms with E-state index in [-0.39, 0.29) is 6.67 Å². The van der Waals surface area contributed by atoms with Crippen LogP contribution >= 0.6 is 0 Å². The van der Waals surface area contributed by atoms with Crippen LogP contribution in [0.4, 0.5) is 23.7 Å². The summed E-state index contributed by atoms with van der Waals surface area (Å²) in [7, 11) is 0. The number of aromatic amines is 1. The maximum atomic E-state index is 12.6. The minimum Gasteiger partial charge on any atom is -0.351 e. The highest BCUT2D eigenvalue weighted by atomic mass is 19.4. The molecule has 2 rings (SSSR count). The van der Waals surface area contributed by atoms with Gasteiger partial charge in [0.25, 0.3) is 0 Å². The van der Waals surface area contributed by atoms with Crippen molar-refractivity contribution in [3.63, 3.8) is 0 Å². The number of carbonyl (C=O) groups is 1. The zero-order chi connectivity index (χ0) is 15.5. The smallest absolute Gasteiger partial charge is 0.351 e. The maximum absolute atomic E-state index is 12.6. The number of aromatic nitrogens is 1. The number of hydrogen-bond acceptors (Lipinski definition) is 3. The van der Waals surface area contributed by atoms with E-state index in [1.807, 2.05) is 0 Å². The number of aliphatic imine (C=N–C) groups is 1. The molecular weight excluding hydrogens is 289 g/mol. The first kappa shape index (κ1) is 14.6. The van der Waals surface area contributed by atoms with Crippen LogP contribution in [0.15, 0.2) is 29.3 Å². The van der Waals surface area contributed by atoms with Crippen molar-refractivity contribution in [1.29, 1.82) is 0 Å². The molecule has 0 radical (unpaired) electrons. The van der Waals surface area contributed by atoms with Crippen LogP contribution in [0.5, 0.6) is 0 Å². The fraction of sp³-hybridized carbons (Fsp3) is 0.167. The highest BCUT2D eigenvalue weighted by molar-refractivity contribution is 5.93. The Morgan fingerprint density at radius 2 is 2.10 bits per heavy atom. The number of isocyanates is 1. The second kappa shape index (κ2) is 5.68. The van der Waals surface area contributed by atoms with Gasteiger partial charge in [0, 0.05) is 16.6 Å². The summed E-state index contributed by atoms with van der Waals surface area (Å²) in [6.45, 7) is -0.236. The van der Waals surface area contributed by atoms with E-state index in [9.17, 15) is 22.8 Å². The average molecular weight is 298 g/mol. The molecule has 1 aromatic heterocycles. The van der Waals surface area contributed by atoms with Crippen LogP contribution in [0.25, 0.3) is 10.9 Å². The molecule has 0 saturated carbocycles. The number of H-pyrrole nitrogens is 1. The summed E-state index contributed by atoms with van der Waals surface area (Å²) in [5.74, 6) is 0. The summed E-state index contributed by atoms with van der Waals surface area (Å²) in [5.41, 5.74) is -0.249. The van der Waals surface area contributed by atoms with Gasteiger partial charge in [-0.2, -0.15) is 18.2 Å². The van der Waals surface area contributed by atoms with Crippen molar-refractivity contribution >= 4 is 28.7 Å². The van der Waals surface area contributed by atoms with E-state index in [1.54, 1.807) is 0 Å². The van der Waals surface area contributed by atoms with Crippen LogP contribution in [0, 0.1) is 0 Å². The third kappa shape index (κ3) is 3.61. The monoisotopic (exact) mass is 298 g/mol. The molecule has 110 valence electrons. The molecule has 6 nitrogen and oxygen atoms in total. The van der Waals surface area contributed by atoms with E-state index in [0.717, 1.165) is 6.07 Å². The van der Waals surface area contributed by atoms with Crippen molar-refractivity contribution in [2.45, 2.75) is 6.18 Å². The summed E-state index contributed by atoms with van der Waals surface area (Å²) >= 11 is 0. The molecule has 0 unspecified atom stereocenters. The molecule has 0 bridgehead atoms. The molecule has 0 fully saturated rings. The lowest BCUT2D eigenvalue weighted by Gasteiger charge is -2.05. The van der Waals surface area contributed by atoms with Crippen LogP contribution in [0.1, 0.15) is 5.69 Å². The van der Waals surface area contributed by atoms with Gasteiger partial charge in [-0.05, 0) is 24.3 Å². The van der Waals surface area contributed by atoms with Gasteiger partial charge in [0.1, 0.15) is 12.4 Å². The topological polar surface area (TPSA) is 86.3 Å². The molecule has 2 amide bonds. The summed E-state index contributed by atoms with van der Waals surface area (Å²) in [5, 5.41) is 4.96. The minimum atomic E-state index is -4.46. The van der Waals surface area contributed by atoms with Crippen LogP contribution < -0.4 is 10.6 Å². The molecule has 1 aromatic carbocycles. The number of urea groups is 1. The minimum absolute atomic E-state index is 0.236. The zero-order valence-corrected chi connectivity index (χ0v) is 10.4. The number of halogens is 3. The fourth-order valence-corrected chi connectivity index (χ4v) is 1.68. The molecular formula is C12H9F3N4O2. The van der Waals surface area contributed by atoms with E-state index >= 15 is 0 Å². The second-order valence-electron chi connectivity index (χ2n) is 4.02. The van der Waals surface area contributed by atoms with Gasteiger partial charge in [-0.15, -0.1) is 0 Å². The Labute approximate surface area is 116 Å². The highest BCUT2D eigenvalue weighted by Crippen LogP contribution is 2.31. The number of nitrogens with zero attached hydrogens (tertiary/aromatic N) is 1. The van der Waals surface area contributed by atoms with Gasteiger partial charge in [-0.1, -0.05) is 0 Å². The van der Waals surface area contributed by atoms with E-state index in [1.165, 1.54) is 24.3 Å². The van der Waals surface area contributed by atoms with Crippen molar-refractivity contribution in [1.82, 2.24) is 10.3 Å². The molecule has 0 aliphatic rings. The second-order valence-corrected chi connectivity index (χ2v) is 4.02. The van der Waals surface area contributed by atoms with Crippen molar-refractivity contribution in [2.24, 2.45) is 4.99 Å². The lowest BCUT2D eigenvalue weighted by Crippen LogP contribution is -2.28. The number of anilines is 1. The Morgan fingerprint density at radius 1 is 1.33 bits per heavy atom. The lowest BCUT2D eigenvalue weighted by molar-refractivity contribution is -0.140. The van der Waals surface area contributed by atoms with Crippen LogP contribution in [0.2, 0.25) is 0 Å². The number of benzene rings is 1. The van der Waals surface area contributed by atoms with Gasteiger partial charge >= 0.3 is 12.2 Å². The Morgan fingerprint density at radius 3 is 2.76 bits per heavy atom. The van der Waals surface area contributed by atoms with E-state index in [2.05, 4.69) is 20.6 Å². The van der Waals surface area contributed by atoms with Crippen LogP contribution in [0.3, 0.4) is 0 Å². The third-order valence-electron chi connectivity index (χ3n) is 2.57. The molecule has 0 aliphatic heterocycles. The molecule has 3 N–H and O–H groups in total. The molecule has 9 heteroatoms. The van der Waals surface area contributed by atoms with Gasteiger partial charge in [0.2, 0.25) is 6.08 Å².